The van der Waals surface area contributed by atoms with E-state index in [0.29, 0.717) is 29.7 Å². The van der Waals surface area contributed by atoms with Gasteiger partial charge in [-0.25, -0.2) is 18.2 Å². The van der Waals surface area contributed by atoms with E-state index in [4.69, 9.17) is 0 Å². The maximum absolute atomic E-state index is 13.1. The summed E-state index contributed by atoms with van der Waals surface area (Å²) < 4.78 is 27.8. The molecule has 0 radical (unpaired) electrons. The number of fused-ring (bicyclic) bond motifs is 1. The minimum atomic E-state index is -3.67. The van der Waals surface area contributed by atoms with E-state index in [0.717, 1.165) is 37.0 Å². The molecule has 1 aliphatic rings. The Morgan fingerprint density at radius 2 is 1.83 bits per heavy atom. The van der Waals surface area contributed by atoms with Crippen molar-refractivity contribution in [3.05, 3.63) is 46.8 Å². The van der Waals surface area contributed by atoms with E-state index in [2.05, 4.69) is 11.9 Å². The number of nitrogens with zero attached hydrogens (tertiary/aromatic N) is 2. The first-order valence-corrected chi connectivity index (χ1v) is 12.4. The summed E-state index contributed by atoms with van der Waals surface area (Å²) in [6.07, 6.45) is 4.66. The monoisotopic (exact) mass is 444 g/mol. The number of benzene rings is 1. The second-order valence-corrected chi connectivity index (χ2v) is 10.6. The summed E-state index contributed by atoms with van der Waals surface area (Å²) in [4.78, 5) is 18.8. The summed E-state index contributed by atoms with van der Waals surface area (Å²) in [6.45, 7) is 3.07. The quantitative estimate of drug-likeness (QED) is 0.611. The number of thiophene rings is 1. The summed E-state index contributed by atoms with van der Waals surface area (Å²) in [6, 6.07) is 10.1. The Kier molecular flexibility index (Phi) is 5.90. The second-order valence-electron chi connectivity index (χ2n) is 7.48. The third kappa shape index (κ3) is 3.99. The number of hydrogen-bond donors (Lipinski definition) is 1. The van der Waals surface area contributed by atoms with E-state index < -0.39 is 16.0 Å². The van der Waals surface area contributed by atoms with Crippen molar-refractivity contribution in [1.82, 2.24) is 9.29 Å². The predicted octanol–water partition coefficient (Wildman–Crippen LogP) is 4.79. The molecular formula is C22H24N2O4S2. The lowest BCUT2D eigenvalue weighted by atomic mass is 10.1. The molecule has 1 aromatic carbocycles. The highest BCUT2D eigenvalue weighted by atomic mass is 32.2. The van der Waals surface area contributed by atoms with Gasteiger partial charge in [0.25, 0.3) is 0 Å². The van der Waals surface area contributed by atoms with Crippen LogP contribution in [0.5, 0.6) is 0 Å². The van der Waals surface area contributed by atoms with Crippen LogP contribution in [0.2, 0.25) is 0 Å². The fourth-order valence-corrected chi connectivity index (χ4v) is 6.26. The third-order valence-electron chi connectivity index (χ3n) is 5.48. The first kappa shape index (κ1) is 21.0. The van der Waals surface area contributed by atoms with Gasteiger partial charge in [-0.05, 0) is 55.7 Å². The zero-order valence-corrected chi connectivity index (χ0v) is 18.4. The zero-order valence-electron chi connectivity index (χ0n) is 16.8. The fourth-order valence-electron chi connectivity index (χ4n) is 3.81. The maximum atomic E-state index is 13.1. The molecule has 30 heavy (non-hydrogen) atoms. The number of aromatic nitrogens is 1. The summed E-state index contributed by atoms with van der Waals surface area (Å²) in [5, 5.41) is 10.1. The number of aromatic carboxylic acids is 1. The second kappa shape index (κ2) is 8.45. The SMILES string of the molecule is CCc1ccc(-c2cc(C(=O)O)c3cc(S(=O)(=O)N4CCCCCC4)ccc3n2)s1. The van der Waals surface area contributed by atoms with Gasteiger partial charge in [-0.15, -0.1) is 11.3 Å². The highest BCUT2D eigenvalue weighted by Gasteiger charge is 2.26. The molecule has 1 saturated heterocycles. The molecule has 158 valence electrons. The molecule has 1 aliphatic heterocycles. The van der Waals surface area contributed by atoms with Crippen LogP contribution in [0.15, 0.2) is 41.3 Å². The number of pyridine rings is 1. The summed E-state index contributed by atoms with van der Waals surface area (Å²) in [5.41, 5.74) is 1.13. The Balaban J connectivity index is 1.81. The van der Waals surface area contributed by atoms with Crippen LogP contribution in [0.4, 0.5) is 0 Å². The van der Waals surface area contributed by atoms with Crippen molar-refractivity contribution in [2.45, 2.75) is 43.9 Å². The normalized spacial score (nSPS) is 15.9. The van der Waals surface area contributed by atoms with E-state index in [1.54, 1.807) is 17.4 Å². The van der Waals surface area contributed by atoms with Gasteiger partial charge in [-0.3, -0.25) is 0 Å². The number of aryl methyl sites for hydroxylation is 1. The van der Waals surface area contributed by atoms with Crippen molar-refractivity contribution in [3.63, 3.8) is 0 Å². The number of carboxylic acids is 1. The highest BCUT2D eigenvalue weighted by molar-refractivity contribution is 7.89. The largest absolute Gasteiger partial charge is 0.478 e. The third-order valence-corrected chi connectivity index (χ3v) is 8.62. The molecule has 0 amide bonds. The van der Waals surface area contributed by atoms with Gasteiger partial charge in [0.1, 0.15) is 0 Å². The number of carboxylic acid groups (broad SMARTS) is 1. The van der Waals surface area contributed by atoms with E-state index >= 15 is 0 Å². The number of carbonyl (C=O) groups is 1. The van der Waals surface area contributed by atoms with Crippen LogP contribution < -0.4 is 0 Å². The lowest BCUT2D eigenvalue weighted by molar-refractivity contribution is 0.0699. The van der Waals surface area contributed by atoms with Crippen LogP contribution in [-0.2, 0) is 16.4 Å². The van der Waals surface area contributed by atoms with Gasteiger partial charge in [0.2, 0.25) is 10.0 Å². The van der Waals surface area contributed by atoms with Gasteiger partial charge in [0, 0.05) is 23.4 Å². The van der Waals surface area contributed by atoms with Gasteiger partial charge in [0.15, 0.2) is 0 Å². The van der Waals surface area contributed by atoms with Crippen LogP contribution in [0, 0.1) is 0 Å². The molecule has 0 saturated carbocycles. The Hall–Kier alpha value is -2.29. The zero-order chi connectivity index (χ0) is 21.3. The molecule has 0 aliphatic carbocycles. The van der Waals surface area contributed by atoms with Gasteiger partial charge in [0.05, 0.1) is 26.5 Å². The van der Waals surface area contributed by atoms with Gasteiger partial charge < -0.3 is 5.11 Å². The van der Waals surface area contributed by atoms with E-state index in [1.807, 2.05) is 12.1 Å². The average molecular weight is 445 g/mol. The molecule has 0 unspecified atom stereocenters. The molecular weight excluding hydrogens is 420 g/mol. The van der Waals surface area contributed by atoms with Crippen molar-refractivity contribution in [2.75, 3.05) is 13.1 Å². The highest BCUT2D eigenvalue weighted by Crippen LogP contribution is 2.32. The molecule has 1 fully saturated rings. The van der Waals surface area contributed by atoms with Crippen molar-refractivity contribution >= 4 is 38.2 Å². The van der Waals surface area contributed by atoms with Crippen molar-refractivity contribution in [3.8, 4) is 10.6 Å². The molecule has 4 rings (SSSR count). The van der Waals surface area contributed by atoms with Crippen LogP contribution >= 0.6 is 11.3 Å². The maximum Gasteiger partial charge on any atom is 0.336 e. The Bertz CT molecular complexity index is 1190. The van der Waals surface area contributed by atoms with Crippen molar-refractivity contribution < 1.29 is 18.3 Å². The molecule has 8 heteroatoms. The molecule has 0 spiro atoms. The lowest BCUT2D eigenvalue weighted by Crippen LogP contribution is -2.31. The number of rotatable bonds is 5. The topological polar surface area (TPSA) is 87.6 Å². The van der Waals surface area contributed by atoms with E-state index in [-0.39, 0.29) is 10.5 Å². The average Bonchev–Trinajstić information content (AvgIpc) is 3.05. The van der Waals surface area contributed by atoms with Crippen LogP contribution in [0.25, 0.3) is 21.5 Å². The van der Waals surface area contributed by atoms with Crippen molar-refractivity contribution in [2.24, 2.45) is 0 Å². The molecule has 3 aromatic rings. The first-order chi connectivity index (χ1) is 14.4. The van der Waals surface area contributed by atoms with Gasteiger partial charge in [-0.1, -0.05) is 19.8 Å². The summed E-state index contributed by atoms with van der Waals surface area (Å²) >= 11 is 1.59. The Morgan fingerprint density at radius 1 is 1.10 bits per heavy atom. The fraction of sp³-hybridized carbons (Fsp3) is 0.364. The smallest absolute Gasteiger partial charge is 0.336 e. The Labute approximate surface area is 180 Å². The van der Waals surface area contributed by atoms with Crippen LogP contribution in [-0.4, -0.2) is 41.9 Å². The number of sulfonamides is 1. The Morgan fingerprint density at radius 3 is 2.47 bits per heavy atom. The molecule has 2 aromatic heterocycles. The molecule has 6 nitrogen and oxygen atoms in total. The van der Waals surface area contributed by atoms with E-state index in [1.165, 1.54) is 27.4 Å². The van der Waals surface area contributed by atoms with Crippen LogP contribution in [0.3, 0.4) is 0 Å². The van der Waals surface area contributed by atoms with E-state index in [9.17, 15) is 18.3 Å². The molecule has 0 bridgehead atoms. The molecule has 0 atom stereocenters. The van der Waals surface area contributed by atoms with Crippen molar-refractivity contribution in [1.29, 1.82) is 0 Å². The minimum Gasteiger partial charge on any atom is -0.478 e. The van der Waals surface area contributed by atoms with Gasteiger partial charge in [-0.2, -0.15) is 4.31 Å². The minimum absolute atomic E-state index is 0.0642. The molecule has 3 heterocycles. The summed E-state index contributed by atoms with van der Waals surface area (Å²) in [7, 11) is -3.67. The standard InChI is InChI=1S/C22H24N2O4S2/c1-2-15-7-10-21(29-15)20-14-18(22(25)26)17-13-16(8-9-19(17)23-20)30(27,28)24-11-5-3-4-6-12-24/h7-10,13-14H,2-6,11-12H2,1H3,(H,25,26). The molecule has 1 N–H and O–H groups in total. The summed E-state index contributed by atoms with van der Waals surface area (Å²) in [5.74, 6) is -1.10. The lowest BCUT2D eigenvalue weighted by Gasteiger charge is -2.20. The first-order valence-electron chi connectivity index (χ1n) is 10.2. The van der Waals surface area contributed by atoms with Crippen LogP contribution in [0.1, 0.15) is 47.8 Å². The predicted molar refractivity (Wildman–Crippen MR) is 119 cm³/mol. The number of hydrogen-bond acceptors (Lipinski definition) is 5. The van der Waals surface area contributed by atoms with Gasteiger partial charge >= 0.3 is 5.97 Å².